The molecule has 3 N–H and O–H groups in total. The van der Waals surface area contributed by atoms with Crippen LogP contribution in [0.4, 0.5) is 0 Å². The molecule has 3 nitrogen and oxygen atoms in total. The number of carbonyl (C=O) groups excluding carboxylic acids is 1. The van der Waals surface area contributed by atoms with Gasteiger partial charge in [0.05, 0.1) is 12.1 Å². The van der Waals surface area contributed by atoms with Crippen molar-refractivity contribution in [3.63, 3.8) is 0 Å². The molecule has 0 aromatic rings. The van der Waals surface area contributed by atoms with Gasteiger partial charge in [0, 0.05) is 0 Å². The van der Waals surface area contributed by atoms with E-state index in [1.165, 1.54) is 0 Å². The second kappa shape index (κ2) is 4.13. The summed E-state index contributed by atoms with van der Waals surface area (Å²) in [4.78, 5) is 11.1. The molecule has 0 aliphatic rings. The summed E-state index contributed by atoms with van der Waals surface area (Å²) in [7, 11) is 0. The van der Waals surface area contributed by atoms with E-state index in [0.717, 1.165) is 0 Å². The first-order valence-corrected chi connectivity index (χ1v) is 3.93. The van der Waals surface area contributed by atoms with Crippen LogP contribution in [0.25, 0.3) is 0 Å². The number of carbonyl (C=O) groups is 1. The van der Waals surface area contributed by atoms with Gasteiger partial charge in [0.1, 0.15) is 0 Å². The van der Waals surface area contributed by atoms with Crippen molar-refractivity contribution in [1.29, 1.82) is 0 Å². The summed E-state index contributed by atoms with van der Waals surface area (Å²) in [6.07, 6.45) is 5.07. The van der Waals surface area contributed by atoms with Gasteiger partial charge in [-0.2, -0.15) is 0 Å². The van der Waals surface area contributed by atoms with Crippen LogP contribution in [-0.4, -0.2) is 18.0 Å². The van der Waals surface area contributed by atoms with Gasteiger partial charge < -0.3 is 5.73 Å². The minimum Gasteiger partial charge on any atom is -0.368 e. The lowest BCUT2D eigenvalue weighted by Gasteiger charge is -2.30. The highest BCUT2D eigenvalue weighted by Gasteiger charge is 2.33. The van der Waals surface area contributed by atoms with Gasteiger partial charge in [0.2, 0.25) is 5.91 Å². The van der Waals surface area contributed by atoms with Crippen LogP contribution in [0.5, 0.6) is 0 Å². The van der Waals surface area contributed by atoms with Crippen LogP contribution in [0.15, 0.2) is 0 Å². The Kier molecular flexibility index (Phi) is 3.78. The molecule has 68 valence electrons. The fraction of sp³-hybridized carbons (Fsp3) is 0.667. The first kappa shape index (κ1) is 11.0. The van der Waals surface area contributed by atoms with Crippen molar-refractivity contribution in [2.75, 3.05) is 6.54 Å². The summed E-state index contributed by atoms with van der Waals surface area (Å²) in [6.45, 7) is 5.97. The Morgan fingerprint density at radius 1 is 1.75 bits per heavy atom. The zero-order chi connectivity index (χ0) is 9.78. The molecule has 3 heteroatoms. The summed E-state index contributed by atoms with van der Waals surface area (Å²) in [6, 6.07) is 0. The molecule has 1 atom stereocenters. The van der Waals surface area contributed by atoms with Crippen molar-refractivity contribution in [1.82, 2.24) is 5.32 Å². The van der Waals surface area contributed by atoms with E-state index in [0.29, 0.717) is 6.54 Å². The lowest BCUT2D eigenvalue weighted by atomic mass is 9.88. The summed E-state index contributed by atoms with van der Waals surface area (Å²) >= 11 is 0. The smallest absolute Gasteiger partial charge is 0.237 e. The van der Waals surface area contributed by atoms with E-state index in [4.69, 9.17) is 12.2 Å². The van der Waals surface area contributed by atoms with Crippen molar-refractivity contribution < 1.29 is 4.79 Å². The molecule has 12 heavy (non-hydrogen) atoms. The third kappa shape index (κ3) is 2.24. The van der Waals surface area contributed by atoms with Crippen molar-refractivity contribution in [2.45, 2.75) is 26.3 Å². The summed E-state index contributed by atoms with van der Waals surface area (Å²) in [5.74, 6) is 2.17. The largest absolute Gasteiger partial charge is 0.368 e. The van der Waals surface area contributed by atoms with Crippen molar-refractivity contribution in [3.05, 3.63) is 0 Å². The van der Waals surface area contributed by atoms with Crippen LogP contribution in [0.3, 0.4) is 0 Å². The van der Waals surface area contributed by atoms with E-state index in [9.17, 15) is 4.79 Å². The molecule has 0 aliphatic carbocycles. The molecule has 0 heterocycles. The molecule has 0 aliphatic heterocycles. The molecule has 0 spiro atoms. The minimum absolute atomic E-state index is 0.128. The Hall–Kier alpha value is -1.01. The number of hydrogen-bond acceptors (Lipinski definition) is 2. The number of amides is 1. The summed E-state index contributed by atoms with van der Waals surface area (Å²) in [5, 5.41) is 2.93. The van der Waals surface area contributed by atoms with Gasteiger partial charge in [0.15, 0.2) is 0 Å². The van der Waals surface area contributed by atoms with E-state index < -0.39 is 5.54 Å². The Balaban J connectivity index is 4.42. The highest BCUT2D eigenvalue weighted by molar-refractivity contribution is 5.84. The number of nitrogens with one attached hydrogen (secondary N) is 1. The van der Waals surface area contributed by atoms with Crippen LogP contribution in [0.1, 0.15) is 20.8 Å². The maximum Gasteiger partial charge on any atom is 0.237 e. The first-order chi connectivity index (χ1) is 5.45. The Labute approximate surface area is 73.7 Å². The Morgan fingerprint density at radius 3 is 2.50 bits per heavy atom. The predicted octanol–water partition coefficient (Wildman–Crippen LogP) is 0.109. The molecule has 0 fully saturated rings. The van der Waals surface area contributed by atoms with E-state index in [1.54, 1.807) is 6.92 Å². The fourth-order valence-corrected chi connectivity index (χ4v) is 0.810. The molecule has 0 saturated carbocycles. The number of nitrogens with two attached hydrogens (primary N) is 1. The monoisotopic (exact) mass is 168 g/mol. The second-order valence-corrected chi connectivity index (χ2v) is 3.28. The van der Waals surface area contributed by atoms with Crippen LogP contribution in [0.2, 0.25) is 0 Å². The lowest BCUT2D eigenvalue weighted by Crippen LogP contribution is -2.56. The van der Waals surface area contributed by atoms with Gasteiger partial charge in [-0.25, -0.2) is 0 Å². The van der Waals surface area contributed by atoms with E-state index >= 15 is 0 Å². The summed E-state index contributed by atoms with van der Waals surface area (Å²) < 4.78 is 0. The summed E-state index contributed by atoms with van der Waals surface area (Å²) in [5.41, 5.74) is 4.54. The zero-order valence-corrected chi connectivity index (χ0v) is 7.85. The van der Waals surface area contributed by atoms with Crippen molar-refractivity contribution >= 4 is 5.91 Å². The van der Waals surface area contributed by atoms with Crippen molar-refractivity contribution in [3.8, 4) is 12.3 Å². The minimum atomic E-state index is -0.702. The van der Waals surface area contributed by atoms with Gasteiger partial charge in [0.25, 0.3) is 0 Å². The van der Waals surface area contributed by atoms with Gasteiger partial charge >= 0.3 is 0 Å². The molecule has 0 bridgehead atoms. The standard InChI is InChI=1S/C9H16N2O/c1-5-6-11-9(4,7(2)3)8(10)12/h1,7,11H,6H2,2-4H3,(H2,10,12)/t9-/m1/s1. The average molecular weight is 168 g/mol. The molecule has 0 aromatic heterocycles. The quantitative estimate of drug-likeness (QED) is 0.585. The topological polar surface area (TPSA) is 55.1 Å². The first-order valence-electron chi connectivity index (χ1n) is 3.93. The van der Waals surface area contributed by atoms with Crippen LogP contribution in [-0.2, 0) is 4.79 Å². The number of primary amides is 1. The van der Waals surface area contributed by atoms with E-state index in [2.05, 4.69) is 11.2 Å². The maximum atomic E-state index is 11.1. The molecule has 0 unspecified atom stereocenters. The SMILES string of the molecule is C#CCN[C@@](C)(C(N)=O)C(C)C. The fourth-order valence-electron chi connectivity index (χ4n) is 0.810. The highest BCUT2D eigenvalue weighted by atomic mass is 16.1. The number of rotatable bonds is 4. The molecule has 0 rings (SSSR count). The third-order valence-electron chi connectivity index (χ3n) is 2.22. The molecule has 0 saturated heterocycles. The third-order valence-corrected chi connectivity index (χ3v) is 2.22. The van der Waals surface area contributed by atoms with Crippen LogP contribution >= 0.6 is 0 Å². The zero-order valence-electron chi connectivity index (χ0n) is 7.85. The highest BCUT2D eigenvalue weighted by Crippen LogP contribution is 2.14. The normalized spacial score (nSPS) is 15.2. The molecule has 0 aromatic carbocycles. The Morgan fingerprint density at radius 2 is 2.25 bits per heavy atom. The van der Waals surface area contributed by atoms with Crippen molar-refractivity contribution in [2.24, 2.45) is 11.7 Å². The lowest BCUT2D eigenvalue weighted by molar-refractivity contribution is -0.125. The van der Waals surface area contributed by atoms with E-state index in [-0.39, 0.29) is 11.8 Å². The molecule has 1 amide bonds. The molecular weight excluding hydrogens is 152 g/mol. The molecule has 0 radical (unpaired) electrons. The van der Waals surface area contributed by atoms with Gasteiger partial charge in [-0.1, -0.05) is 19.8 Å². The van der Waals surface area contributed by atoms with Gasteiger partial charge in [-0.3, -0.25) is 10.1 Å². The van der Waals surface area contributed by atoms with Crippen LogP contribution in [0, 0.1) is 18.3 Å². The number of terminal acetylenes is 1. The maximum absolute atomic E-state index is 11.1. The van der Waals surface area contributed by atoms with E-state index in [1.807, 2.05) is 13.8 Å². The average Bonchev–Trinajstić information content (AvgIpc) is 1.99. The molecular formula is C9H16N2O. The number of hydrogen-bond donors (Lipinski definition) is 2. The van der Waals surface area contributed by atoms with Gasteiger partial charge in [-0.15, -0.1) is 6.42 Å². The second-order valence-electron chi connectivity index (χ2n) is 3.28. The Bertz CT molecular complexity index is 205. The van der Waals surface area contributed by atoms with Gasteiger partial charge in [-0.05, 0) is 12.8 Å². The van der Waals surface area contributed by atoms with Crippen LogP contribution < -0.4 is 11.1 Å². The predicted molar refractivity (Wildman–Crippen MR) is 49.3 cm³/mol.